The zero-order chi connectivity index (χ0) is 36.3. The van der Waals surface area contributed by atoms with Crippen molar-refractivity contribution in [2.24, 2.45) is 0 Å². The summed E-state index contributed by atoms with van der Waals surface area (Å²) >= 11 is 0. The van der Waals surface area contributed by atoms with E-state index in [0.717, 1.165) is 55.6 Å². The second-order valence-corrected chi connectivity index (χ2v) is 14.1. The Morgan fingerprint density at radius 3 is 1.38 bits per heavy atom. The minimum Gasteiger partial charge on any atom is -0.452 e. The lowest BCUT2D eigenvalue weighted by Gasteiger charge is -2.13. The van der Waals surface area contributed by atoms with E-state index in [2.05, 4.69) is 170 Å². The average molecular weight is 701 g/mol. The lowest BCUT2D eigenvalue weighted by atomic mass is 9.91. The highest BCUT2D eigenvalue weighted by atomic mass is 16.3. The summed E-state index contributed by atoms with van der Waals surface area (Å²) in [5, 5.41) is 8.63. The molecule has 3 nitrogen and oxygen atoms in total. The number of furan rings is 1. The van der Waals surface area contributed by atoms with E-state index in [4.69, 9.17) is 14.4 Å². The Hall–Kier alpha value is -7.36. The number of rotatable bonds is 5. The molecule has 11 aromatic rings. The van der Waals surface area contributed by atoms with Crippen molar-refractivity contribution in [3.05, 3.63) is 194 Å². The van der Waals surface area contributed by atoms with Crippen molar-refractivity contribution in [2.75, 3.05) is 0 Å². The highest BCUT2D eigenvalue weighted by Crippen LogP contribution is 2.40. The van der Waals surface area contributed by atoms with Gasteiger partial charge in [-0.3, -0.25) is 0 Å². The number of hydrogen-bond donors (Lipinski definition) is 0. The van der Waals surface area contributed by atoms with Crippen molar-refractivity contribution in [3.63, 3.8) is 0 Å². The monoisotopic (exact) mass is 700 g/mol. The zero-order valence-electron chi connectivity index (χ0n) is 29.8. The summed E-state index contributed by atoms with van der Waals surface area (Å²) in [6, 6.07) is 68.8. The normalized spacial score (nSPS) is 11.6. The summed E-state index contributed by atoms with van der Waals surface area (Å²) in [6.45, 7) is 0. The summed E-state index contributed by atoms with van der Waals surface area (Å²) in [5.41, 5.74) is 11.8. The van der Waals surface area contributed by atoms with Gasteiger partial charge in [-0.1, -0.05) is 164 Å². The van der Waals surface area contributed by atoms with E-state index in [9.17, 15) is 0 Å². The van der Waals surface area contributed by atoms with Gasteiger partial charge in [-0.25, -0.2) is 9.97 Å². The molecular formula is C52H32N2O. The van der Waals surface area contributed by atoms with Crippen molar-refractivity contribution >= 4 is 54.4 Å². The Kier molecular flexibility index (Phi) is 7.17. The van der Waals surface area contributed by atoms with Crippen LogP contribution >= 0.6 is 0 Å². The van der Waals surface area contributed by atoms with Crippen LogP contribution in [0.15, 0.2) is 199 Å². The molecule has 9 aromatic carbocycles. The van der Waals surface area contributed by atoms with Crippen LogP contribution in [0, 0.1) is 0 Å². The van der Waals surface area contributed by atoms with E-state index in [1.807, 2.05) is 24.3 Å². The first-order valence-electron chi connectivity index (χ1n) is 18.6. The van der Waals surface area contributed by atoms with Crippen LogP contribution in [0.3, 0.4) is 0 Å². The molecule has 2 heterocycles. The van der Waals surface area contributed by atoms with Crippen LogP contribution in [0.25, 0.3) is 110 Å². The lowest BCUT2D eigenvalue weighted by Crippen LogP contribution is -1.94. The van der Waals surface area contributed by atoms with E-state index in [1.165, 1.54) is 43.4 Å². The van der Waals surface area contributed by atoms with E-state index in [0.29, 0.717) is 11.4 Å². The predicted octanol–water partition coefficient (Wildman–Crippen LogP) is 14.2. The van der Waals surface area contributed by atoms with Crippen LogP contribution in [-0.4, -0.2) is 9.97 Å². The van der Waals surface area contributed by atoms with Gasteiger partial charge in [-0.05, 0) is 96.0 Å². The first-order valence-corrected chi connectivity index (χ1v) is 18.6. The molecule has 0 bridgehead atoms. The zero-order valence-corrected chi connectivity index (χ0v) is 29.8. The summed E-state index contributed by atoms with van der Waals surface area (Å²) < 4.78 is 6.68. The van der Waals surface area contributed by atoms with Crippen molar-refractivity contribution in [2.45, 2.75) is 0 Å². The van der Waals surface area contributed by atoms with Gasteiger partial charge in [0, 0.05) is 16.5 Å². The molecule has 11 rings (SSSR count). The van der Waals surface area contributed by atoms with Crippen molar-refractivity contribution in [1.29, 1.82) is 0 Å². The maximum atomic E-state index is 6.68. The molecule has 256 valence electrons. The largest absolute Gasteiger partial charge is 0.452 e. The van der Waals surface area contributed by atoms with Gasteiger partial charge in [0.15, 0.2) is 11.4 Å². The molecule has 0 N–H and O–H groups in total. The molecule has 0 aliphatic heterocycles. The third kappa shape index (κ3) is 5.28. The molecular weight excluding hydrogens is 669 g/mol. The molecule has 0 aliphatic carbocycles. The second-order valence-electron chi connectivity index (χ2n) is 14.1. The first-order chi connectivity index (χ1) is 27.2. The van der Waals surface area contributed by atoms with Gasteiger partial charge in [0.25, 0.3) is 0 Å². The molecule has 0 atom stereocenters. The number of benzene rings is 9. The Morgan fingerprint density at radius 1 is 0.291 bits per heavy atom. The number of fused-ring (bicyclic) bond motifs is 9. The van der Waals surface area contributed by atoms with E-state index < -0.39 is 0 Å². The Balaban J connectivity index is 1.04. The van der Waals surface area contributed by atoms with Crippen molar-refractivity contribution < 1.29 is 4.42 Å². The molecule has 0 aliphatic rings. The molecule has 0 unspecified atom stereocenters. The van der Waals surface area contributed by atoms with Gasteiger partial charge < -0.3 is 4.42 Å². The molecule has 3 heteroatoms. The average Bonchev–Trinajstić information content (AvgIpc) is 3.64. The Morgan fingerprint density at radius 2 is 0.745 bits per heavy atom. The fourth-order valence-corrected chi connectivity index (χ4v) is 8.18. The fourth-order valence-electron chi connectivity index (χ4n) is 8.18. The summed E-state index contributed by atoms with van der Waals surface area (Å²) in [5.74, 6) is 0.668. The molecule has 0 radical (unpaired) electrons. The maximum absolute atomic E-state index is 6.68. The molecule has 55 heavy (non-hydrogen) atoms. The van der Waals surface area contributed by atoms with Crippen LogP contribution in [-0.2, 0) is 0 Å². The van der Waals surface area contributed by atoms with Crippen LogP contribution < -0.4 is 0 Å². The van der Waals surface area contributed by atoms with Crippen molar-refractivity contribution in [3.8, 4) is 56.0 Å². The number of aromatic nitrogens is 2. The van der Waals surface area contributed by atoms with Crippen LogP contribution in [0.4, 0.5) is 0 Å². The minimum atomic E-state index is 0.668. The summed E-state index contributed by atoms with van der Waals surface area (Å²) in [7, 11) is 0. The first kappa shape index (κ1) is 31.2. The summed E-state index contributed by atoms with van der Waals surface area (Å²) in [6.07, 6.45) is 0. The quantitative estimate of drug-likeness (QED) is 0.168. The van der Waals surface area contributed by atoms with Gasteiger partial charge in [0.2, 0.25) is 0 Å². The van der Waals surface area contributed by atoms with Gasteiger partial charge in [-0.15, -0.1) is 0 Å². The minimum absolute atomic E-state index is 0.668. The molecule has 0 fully saturated rings. The summed E-state index contributed by atoms with van der Waals surface area (Å²) in [4.78, 5) is 10.3. The van der Waals surface area contributed by atoms with Gasteiger partial charge in [0.1, 0.15) is 16.8 Å². The fraction of sp³-hybridized carbons (Fsp3) is 0. The van der Waals surface area contributed by atoms with Crippen molar-refractivity contribution in [1.82, 2.24) is 9.97 Å². The lowest BCUT2D eigenvalue weighted by molar-refractivity contribution is 0.667. The van der Waals surface area contributed by atoms with Gasteiger partial charge in [-0.2, -0.15) is 0 Å². The van der Waals surface area contributed by atoms with Crippen LogP contribution in [0.1, 0.15) is 0 Å². The van der Waals surface area contributed by atoms with Crippen LogP contribution in [0.5, 0.6) is 0 Å². The topological polar surface area (TPSA) is 38.9 Å². The third-order valence-electron chi connectivity index (χ3n) is 10.9. The Labute approximate surface area is 317 Å². The maximum Gasteiger partial charge on any atom is 0.180 e. The van der Waals surface area contributed by atoms with Gasteiger partial charge >= 0.3 is 0 Å². The third-order valence-corrected chi connectivity index (χ3v) is 10.9. The molecule has 0 saturated carbocycles. The predicted molar refractivity (Wildman–Crippen MR) is 229 cm³/mol. The number of hydrogen-bond acceptors (Lipinski definition) is 3. The molecule has 2 aromatic heterocycles. The highest BCUT2D eigenvalue weighted by molar-refractivity contribution is 6.25. The smallest absolute Gasteiger partial charge is 0.180 e. The second kappa shape index (κ2) is 12.6. The SMILES string of the molecule is c1ccc(-c2ccc3c(c2)oc2c(-c4cccc(-c5cccc(-c6ccc7c8ccccc8c8ccccc8c7c6)c5)c4)nc(-c4ccccc4)nc23)cc1. The van der Waals surface area contributed by atoms with E-state index >= 15 is 0 Å². The highest BCUT2D eigenvalue weighted by Gasteiger charge is 2.19. The van der Waals surface area contributed by atoms with E-state index in [1.54, 1.807) is 0 Å². The molecule has 0 amide bonds. The molecule has 0 saturated heterocycles. The standard InChI is InChI=1S/C52H32N2O/c1-3-13-33(14-4-1)39-26-28-46-48(32-39)55-51-49(53-52(54-50(46)51)34-15-5-2-6-16-34)40-20-12-19-37(30-40)35-17-11-18-36(29-35)38-25-27-45-43-23-8-7-21-41(43)42-22-9-10-24-44(42)47(45)31-38/h1-32H. The van der Waals surface area contributed by atoms with Gasteiger partial charge in [0.05, 0.1) is 0 Å². The molecule has 0 spiro atoms. The van der Waals surface area contributed by atoms with E-state index in [-0.39, 0.29) is 0 Å². The Bertz CT molecular complexity index is 3220. The van der Waals surface area contributed by atoms with Crippen LogP contribution in [0.2, 0.25) is 0 Å². The number of nitrogens with zero attached hydrogens (tertiary/aromatic N) is 2.